The molecule has 1 atom stereocenters. The van der Waals surface area contributed by atoms with Gasteiger partial charge in [-0.15, -0.1) is 0 Å². The minimum absolute atomic E-state index is 0.244. The summed E-state index contributed by atoms with van der Waals surface area (Å²) in [4.78, 5) is 18.4. The molecule has 5 rings (SSSR count). The molecule has 4 nitrogen and oxygen atoms in total. The molecule has 5 aromatic rings. The topological polar surface area (TPSA) is 46.9 Å². The number of nitrogens with one attached hydrogen (secondary N) is 1. The van der Waals surface area contributed by atoms with Crippen LogP contribution < -0.4 is 5.32 Å². The number of nitrogens with zero attached hydrogens (tertiary/aromatic N) is 2. The lowest BCUT2D eigenvalue weighted by Gasteiger charge is -2.20. The van der Waals surface area contributed by atoms with E-state index in [1.807, 2.05) is 90.6 Å². The van der Waals surface area contributed by atoms with Gasteiger partial charge in [-0.2, -0.15) is 0 Å². The molecule has 0 aliphatic carbocycles. The van der Waals surface area contributed by atoms with Gasteiger partial charge in [-0.3, -0.25) is 4.79 Å². The second kappa shape index (κ2) is 9.32. The van der Waals surface area contributed by atoms with Crippen molar-refractivity contribution in [1.82, 2.24) is 14.9 Å². The van der Waals surface area contributed by atoms with Crippen molar-refractivity contribution in [2.45, 2.75) is 12.5 Å². The smallest absolute Gasteiger partial charge is 0.252 e. The van der Waals surface area contributed by atoms with Crippen molar-refractivity contribution in [2.24, 2.45) is 7.05 Å². The van der Waals surface area contributed by atoms with Crippen LogP contribution in [0.5, 0.6) is 0 Å². The van der Waals surface area contributed by atoms with Crippen LogP contribution in [0.4, 0.5) is 4.39 Å². The number of rotatable bonds is 6. The third-order valence-electron chi connectivity index (χ3n) is 6.01. The maximum Gasteiger partial charge on any atom is 0.252 e. The first kappa shape index (κ1) is 21.6. The van der Waals surface area contributed by atoms with Crippen molar-refractivity contribution in [3.63, 3.8) is 0 Å². The molecule has 0 saturated carbocycles. The average Bonchev–Trinajstić information content (AvgIpc) is 3.30. The van der Waals surface area contributed by atoms with Gasteiger partial charge in [-0.25, -0.2) is 9.37 Å². The van der Waals surface area contributed by atoms with E-state index in [1.54, 1.807) is 12.1 Å². The number of carbonyl (C=O) groups excluding carboxylic acids is 1. The van der Waals surface area contributed by atoms with E-state index in [2.05, 4.69) is 5.32 Å². The molecular formula is C29H24FN3O. The first-order valence-electron chi connectivity index (χ1n) is 11.2. The van der Waals surface area contributed by atoms with Crippen LogP contribution in [0.15, 0.2) is 103 Å². The summed E-state index contributed by atoms with van der Waals surface area (Å²) in [6.07, 6.45) is 2.57. The Bertz CT molecular complexity index is 1440. The molecule has 1 N–H and O–H groups in total. The van der Waals surface area contributed by atoms with Crippen molar-refractivity contribution in [1.29, 1.82) is 0 Å². The first-order chi connectivity index (χ1) is 16.6. The van der Waals surface area contributed by atoms with Crippen LogP contribution in [-0.2, 0) is 13.5 Å². The molecule has 2 aromatic heterocycles. The first-order valence-corrected chi connectivity index (χ1v) is 11.2. The monoisotopic (exact) mass is 449 g/mol. The molecular weight excluding hydrogens is 425 g/mol. The van der Waals surface area contributed by atoms with Crippen LogP contribution in [-0.4, -0.2) is 15.5 Å². The number of fused-ring (bicyclic) bond motifs is 1. The van der Waals surface area contributed by atoms with Gasteiger partial charge in [0.05, 0.1) is 28.5 Å². The van der Waals surface area contributed by atoms with Gasteiger partial charge in [0.25, 0.3) is 5.91 Å². The summed E-state index contributed by atoms with van der Waals surface area (Å²) in [7, 11) is 1.93. The summed E-state index contributed by atoms with van der Waals surface area (Å²) >= 11 is 0. The number of benzene rings is 3. The molecule has 0 spiro atoms. The van der Waals surface area contributed by atoms with Gasteiger partial charge in [-0.05, 0) is 53.9 Å². The summed E-state index contributed by atoms with van der Waals surface area (Å²) in [5.41, 5.74) is 4.64. The highest BCUT2D eigenvalue weighted by Crippen LogP contribution is 2.27. The second-order valence-corrected chi connectivity index (χ2v) is 8.35. The quantitative estimate of drug-likeness (QED) is 0.341. The van der Waals surface area contributed by atoms with Crippen molar-refractivity contribution >= 4 is 16.8 Å². The van der Waals surface area contributed by atoms with Crippen molar-refractivity contribution in [2.75, 3.05) is 0 Å². The molecule has 5 heteroatoms. The van der Waals surface area contributed by atoms with E-state index in [1.165, 1.54) is 12.1 Å². The Labute approximate surface area is 197 Å². The summed E-state index contributed by atoms with van der Waals surface area (Å²) in [6.45, 7) is 0. The van der Waals surface area contributed by atoms with E-state index >= 15 is 0 Å². The van der Waals surface area contributed by atoms with Crippen molar-refractivity contribution in [3.8, 4) is 11.4 Å². The van der Waals surface area contributed by atoms with Gasteiger partial charge in [0.1, 0.15) is 5.82 Å². The molecule has 0 aliphatic heterocycles. The zero-order chi connectivity index (χ0) is 23.5. The highest BCUT2D eigenvalue weighted by atomic mass is 19.1. The number of aromatic nitrogens is 2. The fourth-order valence-corrected chi connectivity index (χ4v) is 4.27. The Morgan fingerprint density at radius 1 is 0.941 bits per heavy atom. The van der Waals surface area contributed by atoms with Gasteiger partial charge in [-0.1, -0.05) is 60.7 Å². The summed E-state index contributed by atoms with van der Waals surface area (Å²) in [5, 5.41) is 3.69. The molecule has 0 bridgehead atoms. The largest absolute Gasteiger partial charge is 0.349 e. The molecule has 0 fully saturated rings. The third-order valence-corrected chi connectivity index (χ3v) is 6.01. The fraction of sp³-hybridized carbons (Fsp3) is 0.103. The summed E-state index contributed by atoms with van der Waals surface area (Å²) in [5.74, 6) is -0.669. The van der Waals surface area contributed by atoms with Gasteiger partial charge in [0, 0.05) is 18.6 Å². The highest BCUT2D eigenvalue weighted by Gasteiger charge is 2.20. The number of pyridine rings is 1. The lowest BCUT2D eigenvalue weighted by atomic mass is 9.98. The Morgan fingerprint density at radius 2 is 1.68 bits per heavy atom. The fourth-order valence-electron chi connectivity index (χ4n) is 4.27. The number of hydrogen-bond acceptors (Lipinski definition) is 2. The number of amides is 1. The minimum Gasteiger partial charge on any atom is -0.349 e. The molecule has 1 amide bonds. The van der Waals surface area contributed by atoms with Crippen molar-refractivity contribution in [3.05, 3.63) is 126 Å². The van der Waals surface area contributed by atoms with Crippen LogP contribution >= 0.6 is 0 Å². The normalized spacial score (nSPS) is 11.9. The van der Waals surface area contributed by atoms with Crippen molar-refractivity contribution < 1.29 is 9.18 Å². The lowest BCUT2D eigenvalue weighted by Crippen LogP contribution is -2.30. The maximum atomic E-state index is 14.2. The standard InChI is InChI=1S/C29H24FN3O/c1-33-16-8-13-28(33)27-19-24(23-18-22(30)14-15-25(23)31-27)29(34)32-26(21-11-6-3-7-12-21)17-20-9-4-2-5-10-20/h2-16,18-19,26H,17H2,1H3,(H,32,34). The van der Waals surface area contributed by atoms with Gasteiger partial charge >= 0.3 is 0 Å². The van der Waals surface area contributed by atoms with Crippen LogP contribution in [0, 0.1) is 5.82 Å². The Morgan fingerprint density at radius 3 is 2.38 bits per heavy atom. The maximum absolute atomic E-state index is 14.2. The summed E-state index contributed by atoms with van der Waals surface area (Å²) < 4.78 is 16.1. The van der Waals surface area contributed by atoms with E-state index in [0.717, 1.165) is 16.8 Å². The van der Waals surface area contributed by atoms with Crippen LogP contribution in [0.1, 0.15) is 27.5 Å². The zero-order valence-electron chi connectivity index (χ0n) is 18.8. The Balaban J connectivity index is 1.57. The van der Waals surface area contributed by atoms with Gasteiger partial charge < -0.3 is 9.88 Å². The van der Waals surface area contributed by atoms with E-state index in [0.29, 0.717) is 28.6 Å². The molecule has 3 aromatic carbocycles. The second-order valence-electron chi connectivity index (χ2n) is 8.35. The number of halogens is 1. The summed E-state index contributed by atoms with van der Waals surface area (Å²) in [6, 6.07) is 29.7. The SMILES string of the molecule is Cn1cccc1-c1cc(C(=O)NC(Cc2ccccc2)c2ccccc2)c2cc(F)ccc2n1. The van der Waals surface area contributed by atoms with E-state index < -0.39 is 5.82 Å². The molecule has 1 unspecified atom stereocenters. The van der Waals surface area contributed by atoms with E-state index in [-0.39, 0.29) is 11.9 Å². The highest BCUT2D eigenvalue weighted by molar-refractivity contribution is 6.07. The zero-order valence-corrected chi connectivity index (χ0v) is 18.8. The average molecular weight is 450 g/mol. The van der Waals surface area contributed by atoms with Crippen LogP contribution in [0.3, 0.4) is 0 Å². The predicted molar refractivity (Wildman–Crippen MR) is 133 cm³/mol. The van der Waals surface area contributed by atoms with Crippen LogP contribution in [0.2, 0.25) is 0 Å². The minimum atomic E-state index is -0.404. The Kier molecular flexibility index (Phi) is 5.91. The van der Waals surface area contributed by atoms with Crippen LogP contribution in [0.25, 0.3) is 22.3 Å². The van der Waals surface area contributed by atoms with Gasteiger partial charge in [0.2, 0.25) is 0 Å². The Hall–Kier alpha value is -4.25. The molecule has 0 radical (unpaired) electrons. The number of hydrogen-bond donors (Lipinski definition) is 1. The lowest BCUT2D eigenvalue weighted by molar-refractivity contribution is 0.0938. The number of carbonyl (C=O) groups is 1. The molecule has 34 heavy (non-hydrogen) atoms. The third kappa shape index (κ3) is 4.46. The molecule has 2 heterocycles. The molecule has 0 aliphatic rings. The molecule has 0 saturated heterocycles. The van der Waals surface area contributed by atoms with E-state index in [4.69, 9.17) is 4.98 Å². The molecule has 168 valence electrons. The van der Waals surface area contributed by atoms with E-state index in [9.17, 15) is 9.18 Å². The van der Waals surface area contributed by atoms with Gasteiger partial charge in [0.15, 0.2) is 0 Å². The predicted octanol–water partition coefficient (Wildman–Crippen LogP) is 6.09. The number of aryl methyl sites for hydroxylation is 1.